The summed E-state index contributed by atoms with van der Waals surface area (Å²) in [5.74, 6) is -2.47. The van der Waals surface area contributed by atoms with Gasteiger partial charge >= 0.3 is 0 Å². The van der Waals surface area contributed by atoms with E-state index in [0.29, 0.717) is 22.9 Å². The minimum absolute atomic E-state index is 0.201. The highest BCUT2D eigenvalue weighted by atomic mass is 32.2. The molecule has 3 aromatic carbocycles. The molecule has 8 heteroatoms. The first-order valence-electron chi connectivity index (χ1n) is 8.74. The van der Waals surface area contributed by atoms with Gasteiger partial charge in [0.1, 0.15) is 11.6 Å². The maximum absolute atomic E-state index is 14.0. The number of sulfone groups is 1. The number of methoxy groups -OCH3 is 1. The van der Waals surface area contributed by atoms with Gasteiger partial charge in [-0.2, -0.15) is 0 Å². The zero-order valence-corrected chi connectivity index (χ0v) is 16.4. The average Bonchev–Trinajstić information content (AvgIpc) is 2.74. The number of benzene rings is 3. The van der Waals surface area contributed by atoms with Crippen LogP contribution >= 0.6 is 0 Å². The van der Waals surface area contributed by atoms with Gasteiger partial charge in [0.05, 0.1) is 22.4 Å². The number of pyridine rings is 1. The van der Waals surface area contributed by atoms with Crippen LogP contribution in [0.4, 0.5) is 13.2 Å². The van der Waals surface area contributed by atoms with Gasteiger partial charge < -0.3 is 4.74 Å². The molecule has 0 aliphatic carbocycles. The summed E-state index contributed by atoms with van der Waals surface area (Å²) < 4.78 is 72.8. The van der Waals surface area contributed by atoms with Crippen molar-refractivity contribution >= 4 is 20.7 Å². The van der Waals surface area contributed by atoms with E-state index in [2.05, 4.69) is 4.98 Å². The summed E-state index contributed by atoms with van der Waals surface area (Å²) in [6.07, 6.45) is 1.14. The number of fused-ring (bicyclic) bond motifs is 1. The molecule has 0 amide bonds. The van der Waals surface area contributed by atoms with Crippen LogP contribution in [0.5, 0.6) is 5.75 Å². The third kappa shape index (κ3) is 3.39. The predicted molar refractivity (Wildman–Crippen MR) is 105 cm³/mol. The first-order valence-corrected chi connectivity index (χ1v) is 10.2. The zero-order chi connectivity index (χ0) is 21.5. The number of nitrogens with zero attached hydrogens (tertiary/aromatic N) is 1. The number of halogens is 3. The minimum Gasteiger partial charge on any atom is -0.497 e. The predicted octanol–water partition coefficient (Wildman–Crippen LogP) is 5.16. The fourth-order valence-corrected chi connectivity index (χ4v) is 4.62. The monoisotopic (exact) mass is 429 g/mol. The van der Waals surface area contributed by atoms with Crippen molar-refractivity contribution in [2.75, 3.05) is 7.11 Å². The molecule has 0 aliphatic rings. The molecule has 0 saturated carbocycles. The molecule has 0 N–H and O–H groups in total. The van der Waals surface area contributed by atoms with Crippen LogP contribution in [0, 0.1) is 17.5 Å². The summed E-state index contributed by atoms with van der Waals surface area (Å²) >= 11 is 0. The maximum atomic E-state index is 14.0. The van der Waals surface area contributed by atoms with Crippen molar-refractivity contribution in [2.45, 2.75) is 9.79 Å². The Morgan fingerprint density at radius 1 is 0.867 bits per heavy atom. The van der Waals surface area contributed by atoms with E-state index in [-0.39, 0.29) is 15.8 Å². The minimum atomic E-state index is -4.30. The van der Waals surface area contributed by atoms with Gasteiger partial charge in [-0.15, -0.1) is 0 Å². The van der Waals surface area contributed by atoms with Gasteiger partial charge in [-0.3, -0.25) is 4.98 Å². The molecule has 0 radical (unpaired) electrons. The summed E-state index contributed by atoms with van der Waals surface area (Å²) in [4.78, 5) is 3.45. The van der Waals surface area contributed by atoms with Crippen LogP contribution in [0.25, 0.3) is 22.0 Å². The van der Waals surface area contributed by atoms with Crippen molar-refractivity contribution in [3.05, 3.63) is 84.3 Å². The molecule has 1 aromatic heterocycles. The Hall–Kier alpha value is -3.39. The van der Waals surface area contributed by atoms with Crippen LogP contribution in [-0.4, -0.2) is 20.5 Å². The van der Waals surface area contributed by atoms with Gasteiger partial charge in [-0.25, -0.2) is 21.6 Å². The largest absolute Gasteiger partial charge is 0.497 e. The second-order valence-electron chi connectivity index (χ2n) is 6.47. The molecule has 0 spiro atoms. The standard InChI is InChI=1S/C22H14F3NO3S/c1-29-15-5-2-13(3-6-15)22-17-10-14(23)4-9-20(17)26-12-21(22)30(27,28)16-7-8-18(24)19(25)11-16/h2-12H,1H3. The summed E-state index contributed by atoms with van der Waals surface area (Å²) in [6.45, 7) is 0. The fraction of sp³-hybridized carbons (Fsp3) is 0.0455. The van der Waals surface area contributed by atoms with Gasteiger partial charge in [-0.1, -0.05) is 12.1 Å². The van der Waals surface area contributed by atoms with Crippen LogP contribution in [0.2, 0.25) is 0 Å². The van der Waals surface area contributed by atoms with Gasteiger partial charge in [0, 0.05) is 17.1 Å². The summed E-state index contributed by atoms with van der Waals surface area (Å²) in [5.41, 5.74) is 1.05. The first kappa shape index (κ1) is 19.9. The van der Waals surface area contributed by atoms with Gasteiger partial charge in [-0.05, 0) is 54.1 Å². The molecule has 4 aromatic rings. The highest BCUT2D eigenvalue weighted by Gasteiger charge is 2.26. The first-order chi connectivity index (χ1) is 14.3. The van der Waals surface area contributed by atoms with Crippen molar-refractivity contribution in [1.82, 2.24) is 4.98 Å². The highest BCUT2D eigenvalue weighted by Crippen LogP contribution is 2.37. The topological polar surface area (TPSA) is 56.3 Å². The molecule has 0 aliphatic heterocycles. The second kappa shape index (κ2) is 7.46. The molecule has 0 atom stereocenters. The lowest BCUT2D eigenvalue weighted by atomic mass is 10.0. The Bertz CT molecular complexity index is 1370. The summed E-state index contributed by atoms with van der Waals surface area (Å²) in [7, 11) is -2.81. The SMILES string of the molecule is COc1ccc(-c2c(S(=O)(=O)c3ccc(F)c(F)c3)cnc3ccc(F)cc23)cc1. The van der Waals surface area contributed by atoms with Gasteiger partial charge in [0.25, 0.3) is 0 Å². The van der Waals surface area contributed by atoms with E-state index < -0.39 is 32.2 Å². The highest BCUT2D eigenvalue weighted by molar-refractivity contribution is 7.91. The van der Waals surface area contributed by atoms with E-state index in [1.165, 1.54) is 25.3 Å². The Morgan fingerprint density at radius 3 is 2.27 bits per heavy atom. The average molecular weight is 429 g/mol. The quantitative estimate of drug-likeness (QED) is 0.421. The van der Waals surface area contributed by atoms with Crippen LogP contribution in [0.1, 0.15) is 0 Å². The Balaban J connectivity index is 2.05. The lowest BCUT2D eigenvalue weighted by Gasteiger charge is -2.14. The third-order valence-electron chi connectivity index (χ3n) is 4.66. The summed E-state index contributed by atoms with van der Waals surface area (Å²) in [6, 6.07) is 12.7. The maximum Gasteiger partial charge on any atom is 0.208 e. The lowest BCUT2D eigenvalue weighted by molar-refractivity contribution is 0.415. The van der Waals surface area contributed by atoms with Crippen LogP contribution in [0.3, 0.4) is 0 Å². The normalized spacial score (nSPS) is 11.6. The molecule has 30 heavy (non-hydrogen) atoms. The third-order valence-corrected chi connectivity index (χ3v) is 6.43. The van der Waals surface area contributed by atoms with Crippen molar-refractivity contribution in [3.63, 3.8) is 0 Å². The Morgan fingerprint density at radius 2 is 1.60 bits per heavy atom. The fourth-order valence-electron chi connectivity index (χ4n) is 3.18. The van der Waals surface area contributed by atoms with Crippen molar-refractivity contribution in [3.8, 4) is 16.9 Å². The van der Waals surface area contributed by atoms with E-state index in [1.807, 2.05) is 0 Å². The molecule has 0 bridgehead atoms. The van der Waals surface area contributed by atoms with E-state index in [1.54, 1.807) is 24.3 Å². The molecule has 152 valence electrons. The van der Waals surface area contributed by atoms with Crippen LogP contribution in [0.15, 0.2) is 76.7 Å². The van der Waals surface area contributed by atoms with E-state index in [0.717, 1.165) is 18.3 Å². The molecule has 0 saturated heterocycles. The molecular formula is C22H14F3NO3S. The molecular weight excluding hydrogens is 415 g/mol. The summed E-state index contributed by atoms with van der Waals surface area (Å²) in [5, 5.41) is 0.267. The number of hydrogen-bond donors (Lipinski definition) is 0. The zero-order valence-electron chi connectivity index (χ0n) is 15.6. The smallest absolute Gasteiger partial charge is 0.208 e. The number of hydrogen-bond acceptors (Lipinski definition) is 4. The Kier molecular flexibility index (Phi) is 4.95. The Labute approximate surface area is 170 Å². The number of ether oxygens (including phenoxy) is 1. The van der Waals surface area contributed by atoms with E-state index in [9.17, 15) is 21.6 Å². The molecule has 0 fully saturated rings. The molecule has 1 heterocycles. The molecule has 0 unspecified atom stereocenters. The van der Waals surface area contributed by atoms with Crippen LogP contribution in [-0.2, 0) is 9.84 Å². The second-order valence-corrected chi connectivity index (χ2v) is 8.38. The van der Waals surface area contributed by atoms with E-state index in [4.69, 9.17) is 4.74 Å². The van der Waals surface area contributed by atoms with Gasteiger partial charge in [0.2, 0.25) is 9.84 Å². The lowest BCUT2D eigenvalue weighted by Crippen LogP contribution is -2.06. The van der Waals surface area contributed by atoms with Crippen molar-refractivity contribution in [1.29, 1.82) is 0 Å². The van der Waals surface area contributed by atoms with Crippen LogP contribution < -0.4 is 4.74 Å². The van der Waals surface area contributed by atoms with Crippen molar-refractivity contribution < 1.29 is 26.3 Å². The van der Waals surface area contributed by atoms with Gasteiger partial charge in [0.15, 0.2) is 11.6 Å². The molecule has 4 rings (SSSR count). The van der Waals surface area contributed by atoms with E-state index >= 15 is 0 Å². The number of rotatable bonds is 4. The molecule has 4 nitrogen and oxygen atoms in total. The number of aromatic nitrogens is 1. The van der Waals surface area contributed by atoms with Crippen molar-refractivity contribution in [2.24, 2.45) is 0 Å².